The normalized spacial score (nSPS) is 11.9. The highest BCUT2D eigenvalue weighted by atomic mass is 32.1. The largest absolute Gasteiger partial charge is 0.477 e. The van der Waals surface area contributed by atoms with E-state index in [1.165, 1.54) is 29.8 Å². The monoisotopic (exact) mass is 549 g/mol. The molecule has 0 unspecified atom stereocenters. The quantitative estimate of drug-likeness (QED) is 0.273. The number of aromatic nitrogens is 6. The Bertz CT molecular complexity index is 1660. The molecule has 0 aliphatic carbocycles. The van der Waals surface area contributed by atoms with Gasteiger partial charge in [0.15, 0.2) is 5.82 Å². The summed E-state index contributed by atoms with van der Waals surface area (Å²) in [5.41, 5.74) is 3.83. The summed E-state index contributed by atoms with van der Waals surface area (Å²) in [5.74, 6) is 0.127. The number of fused-ring (bicyclic) bond motifs is 2. The van der Waals surface area contributed by atoms with Gasteiger partial charge in [0.2, 0.25) is 5.88 Å². The number of amides is 1. The maximum Gasteiger partial charge on any atom is 0.412 e. The van der Waals surface area contributed by atoms with Crippen LogP contribution in [0.15, 0.2) is 36.8 Å². The third-order valence-electron chi connectivity index (χ3n) is 5.39. The van der Waals surface area contributed by atoms with E-state index in [4.69, 9.17) is 14.2 Å². The van der Waals surface area contributed by atoms with E-state index in [9.17, 15) is 9.18 Å². The lowest BCUT2D eigenvalue weighted by atomic mass is 10.1. The summed E-state index contributed by atoms with van der Waals surface area (Å²) in [5, 5.41) is 3.14. The first-order valence-corrected chi connectivity index (χ1v) is 12.9. The molecular formula is C26H24FN7O4S. The molecule has 0 bridgehead atoms. The zero-order valence-corrected chi connectivity index (χ0v) is 22.4. The number of benzene rings is 1. The van der Waals surface area contributed by atoms with Crippen LogP contribution in [0.5, 0.6) is 11.8 Å². The number of nitrogens with one attached hydrogen (secondary N) is 1. The van der Waals surface area contributed by atoms with Crippen molar-refractivity contribution in [2.75, 3.05) is 18.5 Å². The van der Waals surface area contributed by atoms with Gasteiger partial charge in [0, 0.05) is 11.6 Å². The van der Waals surface area contributed by atoms with Gasteiger partial charge < -0.3 is 14.2 Å². The molecule has 0 aliphatic heterocycles. The number of hydrogen-bond acceptors (Lipinski definition) is 11. The van der Waals surface area contributed by atoms with E-state index in [-0.39, 0.29) is 12.5 Å². The smallest absolute Gasteiger partial charge is 0.412 e. The Morgan fingerprint density at radius 3 is 2.59 bits per heavy atom. The van der Waals surface area contributed by atoms with E-state index in [1.807, 2.05) is 26.0 Å². The first-order valence-electron chi connectivity index (χ1n) is 12.1. The van der Waals surface area contributed by atoms with Crippen molar-refractivity contribution < 1.29 is 23.4 Å². The molecule has 4 aromatic heterocycles. The van der Waals surface area contributed by atoms with Crippen LogP contribution in [0.4, 0.5) is 14.9 Å². The molecule has 39 heavy (non-hydrogen) atoms. The van der Waals surface area contributed by atoms with Crippen LogP contribution in [0.25, 0.3) is 32.0 Å². The maximum atomic E-state index is 14.8. The fourth-order valence-corrected chi connectivity index (χ4v) is 4.62. The van der Waals surface area contributed by atoms with Gasteiger partial charge in [-0.05, 0) is 45.4 Å². The van der Waals surface area contributed by atoms with Crippen molar-refractivity contribution in [1.29, 1.82) is 0 Å². The maximum absolute atomic E-state index is 14.8. The van der Waals surface area contributed by atoms with Crippen LogP contribution in [0.3, 0.4) is 0 Å². The molecular weight excluding hydrogens is 525 g/mol. The summed E-state index contributed by atoms with van der Waals surface area (Å²) >= 11 is 1.28. The van der Waals surface area contributed by atoms with Gasteiger partial charge in [-0.15, -0.1) is 0 Å². The minimum absolute atomic E-state index is 0.112. The van der Waals surface area contributed by atoms with Crippen molar-refractivity contribution in [3.63, 3.8) is 0 Å². The number of thiazole rings is 1. The van der Waals surface area contributed by atoms with Crippen molar-refractivity contribution in [2.24, 2.45) is 0 Å². The van der Waals surface area contributed by atoms with Crippen LogP contribution in [0.1, 0.15) is 25.2 Å². The molecule has 200 valence electrons. The van der Waals surface area contributed by atoms with Crippen LogP contribution >= 0.6 is 11.3 Å². The van der Waals surface area contributed by atoms with Crippen LogP contribution in [0.2, 0.25) is 0 Å². The Morgan fingerprint density at radius 1 is 1.03 bits per heavy atom. The third-order valence-corrected chi connectivity index (χ3v) is 6.39. The number of halogens is 1. The fraction of sp³-hybridized carbons (Fsp3) is 0.269. The molecule has 0 fully saturated rings. The Labute approximate surface area is 226 Å². The van der Waals surface area contributed by atoms with Gasteiger partial charge in [0.1, 0.15) is 33.9 Å². The predicted octanol–water partition coefficient (Wildman–Crippen LogP) is 5.26. The van der Waals surface area contributed by atoms with Crippen molar-refractivity contribution >= 4 is 44.5 Å². The molecule has 1 N–H and O–H groups in total. The van der Waals surface area contributed by atoms with E-state index in [0.29, 0.717) is 50.4 Å². The SMILES string of the molecule is CCOc1cnc2c(-c3nc4cc(F)c(OC[C@@H](C)OC(=O)Nc5cnc(C)nc5)nc4s3)cc(C)cc2n1. The molecule has 5 rings (SSSR count). The van der Waals surface area contributed by atoms with Crippen LogP contribution in [-0.4, -0.2) is 55.3 Å². The number of anilines is 1. The van der Waals surface area contributed by atoms with E-state index in [1.54, 1.807) is 20.0 Å². The van der Waals surface area contributed by atoms with Crippen LogP contribution < -0.4 is 14.8 Å². The van der Waals surface area contributed by atoms with Gasteiger partial charge in [-0.2, -0.15) is 4.98 Å². The van der Waals surface area contributed by atoms with Gasteiger partial charge >= 0.3 is 6.09 Å². The minimum atomic E-state index is -0.712. The highest BCUT2D eigenvalue weighted by molar-refractivity contribution is 7.21. The molecule has 0 saturated heterocycles. The average Bonchev–Trinajstić information content (AvgIpc) is 3.30. The average molecular weight is 550 g/mol. The first kappa shape index (κ1) is 26.1. The first-order chi connectivity index (χ1) is 18.8. The standard InChI is InChI=1S/C26H24FN7O4S/c1-5-36-21-11-30-22-17(6-13(2)7-19(22)32-21)24-33-20-8-18(27)23(34-25(20)39-24)37-12-14(3)38-26(35)31-16-9-28-15(4)29-10-16/h6-11,14H,5,12H2,1-4H3,(H,31,35)/t14-/m1/s1. The van der Waals surface area contributed by atoms with Crippen molar-refractivity contribution in [3.05, 3.63) is 54.0 Å². The van der Waals surface area contributed by atoms with Gasteiger partial charge in [-0.3, -0.25) is 5.32 Å². The van der Waals surface area contributed by atoms with Crippen molar-refractivity contribution in [2.45, 2.75) is 33.8 Å². The number of pyridine rings is 1. The molecule has 5 aromatic rings. The van der Waals surface area contributed by atoms with Crippen molar-refractivity contribution in [3.8, 4) is 22.3 Å². The zero-order valence-electron chi connectivity index (χ0n) is 21.6. The van der Waals surface area contributed by atoms with Gasteiger partial charge in [0.25, 0.3) is 5.88 Å². The molecule has 0 aliphatic rings. The van der Waals surface area contributed by atoms with E-state index in [0.717, 1.165) is 11.1 Å². The summed E-state index contributed by atoms with van der Waals surface area (Å²) in [6, 6.07) is 5.14. The number of nitrogens with zero attached hydrogens (tertiary/aromatic N) is 6. The lowest BCUT2D eigenvalue weighted by molar-refractivity contribution is 0.0827. The highest BCUT2D eigenvalue weighted by Crippen LogP contribution is 2.35. The minimum Gasteiger partial charge on any atom is -0.477 e. The Hall–Kier alpha value is -4.52. The number of aryl methyl sites for hydroxylation is 2. The molecule has 13 heteroatoms. The third kappa shape index (κ3) is 5.98. The lowest BCUT2D eigenvalue weighted by Gasteiger charge is -2.14. The molecule has 0 spiro atoms. The fourth-order valence-electron chi connectivity index (χ4n) is 3.69. The topological polar surface area (TPSA) is 134 Å². The molecule has 0 radical (unpaired) electrons. The van der Waals surface area contributed by atoms with Gasteiger partial charge in [-0.1, -0.05) is 11.3 Å². The van der Waals surface area contributed by atoms with E-state index in [2.05, 4.69) is 35.2 Å². The number of carbonyl (C=O) groups excluding carboxylic acids is 1. The van der Waals surface area contributed by atoms with Crippen LogP contribution in [0, 0.1) is 19.7 Å². The molecule has 1 aromatic carbocycles. The van der Waals surface area contributed by atoms with E-state index >= 15 is 0 Å². The van der Waals surface area contributed by atoms with Gasteiger partial charge in [0.05, 0.1) is 41.9 Å². The second kappa shape index (κ2) is 11.1. The molecule has 4 heterocycles. The Kier molecular flexibility index (Phi) is 7.41. The van der Waals surface area contributed by atoms with Gasteiger partial charge in [-0.25, -0.2) is 34.1 Å². The Balaban J connectivity index is 1.31. The van der Waals surface area contributed by atoms with Crippen molar-refractivity contribution in [1.82, 2.24) is 29.9 Å². The summed E-state index contributed by atoms with van der Waals surface area (Å²) in [6.45, 7) is 7.56. The van der Waals surface area contributed by atoms with E-state index < -0.39 is 18.0 Å². The Morgan fingerprint density at radius 2 is 1.82 bits per heavy atom. The summed E-state index contributed by atoms with van der Waals surface area (Å²) in [4.78, 5) is 38.6. The molecule has 1 atom stereocenters. The second-order valence-corrected chi connectivity index (χ2v) is 9.59. The zero-order chi connectivity index (χ0) is 27.5. The summed E-state index contributed by atoms with van der Waals surface area (Å²) < 4.78 is 31.1. The predicted molar refractivity (Wildman–Crippen MR) is 144 cm³/mol. The lowest BCUT2D eigenvalue weighted by Crippen LogP contribution is -2.25. The summed E-state index contributed by atoms with van der Waals surface area (Å²) in [7, 11) is 0. The van der Waals surface area contributed by atoms with Crippen LogP contribution in [-0.2, 0) is 4.74 Å². The molecule has 1 amide bonds. The number of ether oxygens (including phenoxy) is 3. The molecule has 0 saturated carbocycles. The number of rotatable bonds is 8. The summed E-state index contributed by atoms with van der Waals surface area (Å²) in [6.07, 6.45) is 3.10. The second-order valence-electron chi connectivity index (χ2n) is 8.61. The number of carbonyl (C=O) groups is 1. The number of hydrogen-bond donors (Lipinski definition) is 1. The highest BCUT2D eigenvalue weighted by Gasteiger charge is 2.18. The molecule has 11 nitrogen and oxygen atoms in total.